The van der Waals surface area contributed by atoms with Gasteiger partial charge in [0.2, 0.25) is 0 Å². The topological polar surface area (TPSA) is 76.0 Å². The maximum Gasteiger partial charge on any atom is 0.341 e. The molecule has 1 aromatic heterocycles. The summed E-state index contributed by atoms with van der Waals surface area (Å²) in [6.07, 6.45) is 5.09. The first-order chi connectivity index (χ1) is 11.8. The van der Waals surface area contributed by atoms with E-state index in [0.717, 1.165) is 24.8 Å². The van der Waals surface area contributed by atoms with Crippen LogP contribution in [0.1, 0.15) is 60.8 Å². The Labute approximate surface area is 151 Å². The Morgan fingerprint density at radius 1 is 1.36 bits per heavy atom. The number of ketones is 1. The number of Topliss-reactive ketones (excluding diaryl/α,β-unsaturated/α-hetero) is 1. The summed E-state index contributed by atoms with van der Waals surface area (Å²) >= 11 is 1.48. The van der Waals surface area contributed by atoms with E-state index in [2.05, 4.69) is 4.99 Å². The molecule has 1 heterocycles. The average Bonchev–Trinajstić information content (AvgIpc) is 3.05. The van der Waals surface area contributed by atoms with Crippen LogP contribution >= 0.6 is 11.3 Å². The van der Waals surface area contributed by atoms with Crippen LogP contribution in [0.2, 0.25) is 0 Å². The quantitative estimate of drug-likeness (QED) is 0.640. The molecule has 1 N–H and O–H groups in total. The third-order valence-corrected chi connectivity index (χ3v) is 5.79. The number of aliphatic imine (C=N–C) groups is 1. The molecule has 25 heavy (non-hydrogen) atoms. The van der Waals surface area contributed by atoms with Gasteiger partial charge in [-0.25, -0.2) is 9.79 Å². The summed E-state index contributed by atoms with van der Waals surface area (Å²) in [6.45, 7) is 6.00. The van der Waals surface area contributed by atoms with Gasteiger partial charge in [0.25, 0.3) is 0 Å². The van der Waals surface area contributed by atoms with E-state index in [1.165, 1.54) is 22.4 Å². The molecule has 0 saturated carbocycles. The lowest BCUT2D eigenvalue weighted by Crippen LogP contribution is -2.26. The molecule has 2 aliphatic rings. The van der Waals surface area contributed by atoms with Gasteiger partial charge in [0.1, 0.15) is 10.8 Å². The minimum absolute atomic E-state index is 0.0757. The molecule has 0 amide bonds. The van der Waals surface area contributed by atoms with Crippen LogP contribution in [-0.4, -0.2) is 29.7 Å². The number of carbonyl (C=O) groups excluding carboxylic acids is 2. The number of aliphatic hydroxyl groups is 1. The van der Waals surface area contributed by atoms with Gasteiger partial charge in [-0.3, -0.25) is 4.79 Å². The van der Waals surface area contributed by atoms with Crippen LogP contribution in [0.4, 0.5) is 5.00 Å². The largest absolute Gasteiger partial charge is 0.511 e. The highest BCUT2D eigenvalue weighted by Gasteiger charge is 2.32. The van der Waals surface area contributed by atoms with Gasteiger partial charge < -0.3 is 9.84 Å². The summed E-state index contributed by atoms with van der Waals surface area (Å²) in [7, 11) is 0. The van der Waals surface area contributed by atoms with Crippen molar-refractivity contribution in [3.8, 4) is 0 Å². The lowest BCUT2D eigenvalue weighted by atomic mass is 9.77. The molecule has 2 aliphatic carbocycles. The number of carbonyl (C=O) groups is 2. The molecule has 0 unspecified atom stereocenters. The third kappa shape index (κ3) is 3.54. The number of fused-ring (bicyclic) bond motifs is 1. The Balaban J connectivity index is 1.94. The number of nitrogens with zero attached hydrogens (tertiary/aromatic N) is 1. The number of aryl methyl sites for hydroxylation is 1. The summed E-state index contributed by atoms with van der Waals surface area (Å²) in [5.41, 5.74) is 1.57. The molecule has 0 aliphatic heterocycles. The van der Waals surface area contributed by atoms with Gasteiger partial charge in [0.05, 0.1) is 17.7 Å². The first-order valence-electron chi connectivity index (χ1n) is 8.63. The van der Waals surface area contributed by atoms with Crippen LogP contribution in [0.5, 0.6) is 0 Å². The summed E-state index contributed by atoms with van der Waals surface area (Å²) < 4.78 is 5.18. The molecule has 0 bridgehead atoms. The van der Waals surface area contributed by atoms with E-state index >= 15 is 0 Å². The van der Waals surface area contributed by atoms with Crippen molar-refractivity contribution in [3.63, 3.8) is 0 Å². The summed E-state index contributed by atoms with van der Waals surface area (Å²) in [6, 6.07) is 0. The number of ether oxygens (including phenoxy) is 1. The van der Waals surface area contributed by atoms with Crippen LogP contribution in [0, 0.1) is 5.41 Å². The van der Waals surface area contributed by atoms with Crippen molar-refractivity contribution in [2.45, 2.75) is 52.9 Å². The number of rotatable bonds is 4. The molecule has 134 valence electrons. The van der Waals surface area contributed by atoms with Gasteiger partial charge in [0, 0.05) is 23.9 Å². The predicted molar refractivity (Wildman–Crippen MR) is 98.1 cm³/mol. The molecule has 0 atom stereocenters. The van der Waals surface area contributed by atoms with Gasteiger partial charge in [0.15, 0.2) is 5.78 Å². The fourth-order valence-corrected chi connectivity index (χ4v) is 4.69. The average molecular weight is 361 g/mol. The van der Waals surface area contributed by atoms with Crippen molar-refractivity contribution in [3.05, 3.63) is 27.3 Å². The van der Waals surface area contributed by atoms with Crippen molar-refractivity contribution >= 4 is 34.3 Å². The molecule has 0 fully saturated rings. The number of hydrogen-bond acceptors (Lipinski definition) is 6. The zero-order valence-electron chi connectivity index (χ0n) is 14.8. The Morgan fingerprint density at radius 3 is 2.80 bits per heavy atom. The number of thiophene rings is 1. The van der Waals surface area contributed by atoms with E-state index in [9.17, 15) is 14.7 Å². The lowest BCUT2D eigenvalue weighted by Gasteiger charge is -2.28. The van der Waals surface area contributed by atoms with Crippen LogP contribution in [0.25, 0.3) is 0 Å². The maximum absolute atomic E-state index is 12.3. The number of hydrogen-bond donors (Lipinski definition) is 1. The fraction of sp³-hybridized carbons (Fsp3) is 0.526. The number of allylic oxidation sites excluding steroid dienone is 2. The predicted octanol–water partition coefficient (Wildman–Crippen LogP) is 4.32. The molecular weight excluding hydrogens is 338 g/mol. The fourth-order valence-electron chi connectivity index (χ4n) is 3.47. The van der Waals surface area contributed by atoms with Gasteiger partial charge in [-0.05, 0) is 37.2 Å². The standard InChI is InChI=1S/C19H23NO4S/c1-4-24-18(23)16-11-6-5-7-15(11)25-17(16)20-10-12-13(21)8-19(2,3)9-14(12)22/h10,21H,4-9H2,1-3H3. The molecule has 0 spiro atoms. The highest BCUT2D eigenvalue weighted by molar-refractivity contribution is 7.16. The van der Waals surface area contributed by atoms with Crippen LogP contribution in [-0.2, 0) is 22.4 Å². The molecule has 1 aromatic rings. The number of aliphatic hydroxyl groups excluding tert-OH is 1. The molecule has 0 radical (unpaired) electrons. The zero-order valence-corrected chi connectivity index (χ0v) is 15.7. The highest BCUT2D eigenvalue weighted by atomic mass is 32.1. The minimum Gasteiger partial charge on any atom is -0.511 e. The zero-order chi connectivity index (χ0) is 18.2. The van der Waals surface area contributed by atoms with Crippen molar-refractivity contribution in [2.24, 2.45) is 10.4 Å². The first-order valence-corrected chi connectivity index (χ1v) is 9.45. The van der Waals surface area contributed by atoms with Crippen molar-refractivity contribution in [1.82, 2.24) is 0 Å². The summed E-state index contributed by atoms with van der Waals surface area (Å²) in [5.74, 6) is -0.394. The van der Waals surface area contributed by atoms with E-state index in [0.29, 0.717) is 30.0 Å². The number of esters is 1. The van der Waals surface area contributed by atoms with Crippen molar-refractivity contribution in [1.29, 1.82) is 0 Å². The van der Waals surface area contributed by atoms with E-state index in [4.69, 9.17) is 4.74 Å². The van der Waals surface area contributed by atoms with Crippen LogP contribution in [0.3, 0.4) is 0 Å². The van der Waals surface area contributed by atoms with Gasteiger partial charge in [-0.1, -0.05) is 13.8 Å². The Bertz CT molecular complexity index is 786. The Hall–Kier alpha value is -1.95. The Kier molecular flexibility index (Phi) is 4.82. The van der Waals surface area contributed by atoms with Crippen LogP contribution in [0.15, 0.2) is 16.3 Å². The minimum atomic E-state index is -0.358. The van der Waals surface area contributed by atoms with E-state index in [1.54, 1.807) is 6.92 Å². The molecule has 3 rings (SSSR count). The summed E-state index contributed by atoms with van der Waals surface area (Å²) in [4.78, 5) is 30.2. The van der Waals surface area contributed by atoms with Gasteiger partial charge >= 0.3 is 5.97 Å². The molecule has 0 saturated heterocycles. The maximum atomic E-state index is 12.3. The van der Waals surface area contributed by atoms with Gasteiger partial charge in [-0.15, -0.1) is 11.3 Å². The van der Waals surface area contributed by atoms with E-state index in [1.807, 2.05) is 13.8 Å². The van der Waals surface area contributed by atoms with Crippen molar-refractivity contribution in [2.75, 3.05) is 6.61 Å². The first kappa shape index (κ1) is 17.9. The second-order valence-electron chi connectivity index (χ2n) is 7.32. The molecular formula is C19H23NO4S. The molecule has 6 heteroatoms. The van der Waals surface area contributed by atoms with E-state index in [-0.39, 0.29) is 28.5 Å². The third-order valence-electron chi connectivity index (χ3n) is 4.59. The SMILES string of the molecule is CCOC(=O)c1c(N=CC2=C(O)CC(C)(C)CC2=O)sc2c1CCC2. The van der Waals surface area contributed by atoms with Crippen molar-refractivity contribution < 1.29 is 19.4 Å². The second kappa shape index (κ2) is 6.75. The Morgan fingerprint density at radius 2 is 2.12 bits per heavy atom. The van der Waals surface area contributed by atoms with E-state index < -0.39 is 0 Å². The second-order valence-corrected chi connectivity index (χ2v) is 8.40. The monoisotopic (exact) mass is 361 g/mol. The molecule has 0 aromatic carbocycles. The van der Waals surface area contributed by atoms with Crippen LogP contribution < -0.4 is 0 Å². The highest BCUT2D eigenvalue weighted by Crippen LogP contribution is 2.41. The normalized spacial score (nSPS) is 19.6. The molecule has 5 nitrogen and oxygen atoms in total. The summed E-state index contributed by atoms with van der Waals surface area (Å²) in [5, 5.41) is 10.8. The van der Waals surface area contributed by atoms with Gasteiger partial charge in [-0.2, -0.15) is 0 Å². The lowest BCUT2D eigenvalue weighted by molar-refractivity contribution is -0.117. The smallest absolute Gasteiger partial charge is 0.341 e.